The van der Waals surface area contributed by atoms with Gasteiger partial charge in [0.1, 0.15) is 6.04 Å². The highest BCUT2D eigenvalue weighted by molar-refractivity contribution is 5.87. The van der Waals surface area contributed by atoms with Crippen LogP contribution in [0, 0.1) is 0 Å². The van der Waals surface area contributed by atoms with Crippen LogP contribution in [-0.4, -0.2) is 55.0 Å². The molecular formula is C16H32N2O5. The van der Waals surface area contributed by atoms with Crippen molar-refractivity contribution in [2.75, 3.05) is 13.7 Å². The minimum Gasteiger partial charge on any atom is -0.467 e. The lowest BCUT2D eigenvalue weighted by atomic mass is 10.1. The highest BCUT2D eigenvalue weighted by Gasteiger charge is 2.30. The molecular weight excluding hydrogens is 300 g/mol. The third-order valence-corrected chi connectivity index (χ3v) is 2.83. The zero-order valence-corrected chi connectivity index (χ0v) is 15.6. The minimum atomic E-state index is -0.917. The SMILES string of the molecule is COC(=O)[C@H](COC(C)(C)C)NC(=O)[C@@H](N)[C@@H](C)OC(C)(C)C. The first kappa shape index (κ1) is 21.8. The molecule has 3 atom stereocenters. The topological polar surface area (TPSA) is 99.9 Å². The van der Waals surface area contributed by atoms with Gasteiger partial charge in [0.2, 0.25) is 5.91 Å². The number of amides is 1. The van der Waals surface area contributed by atoms with Crippen molar-refractivity contribution in [2.24, 2.45) is 5.73 Å². The Hall–Kier alpha value is -1.18. The van der Waals surface area contributed by atoms with Crippen molar-refractivity contribution in [2.45, 2.75) is 77.9 Å². The lowest BCUT2D eigenvalue weighted by molar-refractivity contribution is -0.149. The number of ether oxygens (including phenoxy) is 3. The molecule has 0 aliphatic carbocycles. The Balaban J connectivity index is 4.78. The number of hydrogen-bond donors (Lipinski definition) is 2. The van der Waals surface area contributed by atoms with E-state index in [1.807, 2.05) is 41.5 Å². The van der Waals surface area contributed by atoms with Crippen LogP contribution in [-0.2, 0) is 23.8 Å². The van der Waals surface area contributed by atoms with Crippen molar-refractivity contribution >= 4 is 11.9 Å². The average Bonchev–Trinajstić information content (AvgIpc) is 2.38. The van der Waals surface area contributed by atoms with Gasteiger partial charge in [0, 0.05) is 0 Å². The Bertz CT molecular complexity index is 398. The van der Waals surface area contributed by atoms with Gasteiger partial charge in [-0.25, -0.2) is 4.79 Å². The van der Waals surface area contributed by atoms with Crippen molar-refractivity contribution in [3.8, 4) is 0 Å². The molecule has 0 heterocycles. The van der Waals surface area contributed by atoms with E-state index in [-0.39, 0.29) is 6.61 Å². The van der Waals surface area contributed by atoms with Crippen LogP contribution < -0.4 is 11.1 Å². The first-order valence-corrected chi connectivity index (χ1v) is 7.72. The van der Waals surface area contributed by atoms with Gasteiger partial charge in [0.15, 0.2) is 6.04 Å². The first-order chi connectivity index (χ1) is 10.3. The van der Waals surface area contributed by atoms with E-state index >= 15 is 0 Å². The summed E-state index contributed by atoms with van der Waals surface area (Å²) < 4.78 is 15.9. The van der Waals surface area contributed by atoms with Gasteiger partial charge in [-0.05, 0) is 48.5 Å². The average molecular weight is 332 g/mol. The molecule has 1 amide bonds. The van der Waals surface area contributed by atoms with Gasteiger partial charge >= 0.3 is 5.97 Å². The maximum Gasteiger partial charge on any atom is 0.330 e. The quantitative estimate of drug-likeness (QED) is 0.675. The highest BCUT2D eigenvalue weighted by atomic mass is 16.5. The van der Waals surface area contributed by atoms with Gasteiger partial charge in [-0.1, -0.05) is 0 Å². The van der Waals surface area contributed by atoms with Crippen molar-refractivity contribution in [1.29, 1.82) is 0 Å². The lowest BCUT2D eigenvalue weighted by Gasteiger charge is -2.29. The molecule has 0 aromatic carbocycles. The summed E-state index contributed by atoms with van der Waals surface area (Å²) in [6.45, 7) is 12.9. The van der Waals surface area contributed by atoms with E-state index in [1.165, 1.54) is 7.11 Å². The summed E-state index contributed by atoms with van der Waals surface area (Å²) in [6.07, 6.45) is -0.503. The molecule has 0 fully saturated rings. The third-order valence-electron chi connectivity index (χ3n) is 2.83. The summed E-state index contributed by atoms with van der Waals surface area (Å²) in [5.74, 6) is -1.08. The second-order valence-corrected chi connectivity index (χ2v) is 7.47. The lowest BCUT2D eigenvalue weighted by Crippen LogP contribution is -2.55. The second-order valence-electron chi connectivity index (χ2n) is 7.47. The number of rotatable bonds is 7. The Morgan fingerprint density at radius 2 is 1.61 bits per heavy atom. The summed E-state index contributed by atoms with van der Waals surface area (Å²) in [4.78, 5) is 24.0. The predicted molar refractivity (Wildman–Crippen MR) is 87.9 cm³/mol. The van der Waals surface area contributed by atoms with Crippen LogP contribution in [0.5, 0.6) is 0 Å². The fourth-order valence-electron chi connectivity index (χ4n) is 1.76. The van der Waals surface area contributed by atoms with Gasteiger partial charge < -0.3 is 25.3 Å². The summed E-state index contributed by atoms with van der Waals surface area (Å²) in [6, 6.07) is -1.82. The maximum atomic E-state index is 12.2. The number of methoxy groups -OCH3 is 1. The molecule has 0 saturated carbocycles. The van der Waals surface area contributed by atoms with Gasteiger partial charge in [0.25, 0.3) is 0 Å². The normalized spacial score (nSPS) is 16.4. The van der Waals surface area contributed by atoms with Crippen LogP contribution in [0.3, 0.4) is 0 Å². The van der Waals surface area contributed by atoms with Gasteiger partial charge in [-0.2, -0.15) is 0 Å². The van der Waals surface area contributed by atoms with Gasteiger partial charge in [-0.3, -0.25) is 4.79 Å². The van der Waals surface area contributed by atoms with E-state index in [2.05, 4.69) is 5.32 Å². The predicted octanol–water partition coefficient (Wildman–Crippen LogP) is 0.990. The zero-order valence-electron chi connectivity index (χ0n) is 15.6. The molecule has 3 N–H and O–H groups in total. The number of nitrogens with two attached hydrogens (primary N) is 1. The zero-order chi connectivity index (χ0) is 18.4. The molecule has 0 unspecified atom stereocenters. The molecule has 0 rings (SSSR count). The van der Waals surface area contributed by atoms with Crippen LogP contribution in [0.25, 0.3) is 0 Å². The molecule has 0 bridgehead atoms. The summed E-state index contributed by atoms with van der Waals surface area (Å²) >= 11 is 0. The van der Waals surface area contributed by atoms with Crippen LogP contribution >= 0.6 is 0 Å². The molecule has 0 aromatic rings. The van der Waals surface area contributed by atoms with Crippen molar-refractivity contribution in [3.63, 3.8) is 0 Å². The number of carbonyl (C=O) groups excluding carboxylic acids is 2. The Kier molecular flexibility index (Phi) is 8.17. The van der Waals surface area contributed by atoms with E-state index in [9.17, 15) is 9.59 Å². The molecule has 0 aliphatic heterocycles. The fraction of sp³-hybridized carbons (Fsp3) is 0.875. The minimum absolute atomic E-state index is 0.00312. The van der Waals surface area contributed by atoms with E-state index in [1.54, 1.807) is 6.92 Å². The molecule has 136 valence electrons. The molecule has 7 nitrogen and oxygen atoms in total. The Morgan fingerprint density at radius 1 is 1.09 bits per heavy atom. The molecule has 0 aromatic heterocycles. The largest absolute Gasteiger partial charge is 0.467 e. The highest BCUT2D eigenvalue weighted by Crippen LogP contribution is 2.13. The monoisotopic (exact) mass is 332 g/mol. The standard InChI is InChI=1S/C16H32N2O5/c1-10(23-16(5,6)7)12(17)13(19)18-11(14(20)21-8)9-22-15(2,3)4/h10-12H,9,17H2,1-8H3,(H,18,19)/t10-,11+,12+/m1/s1. The van der Waals surface area contributed by atoms with Gasteiger partial charge in [0.05, 0.1) is 31.0 Å². The number of hydrogen-bond acceptors (Lipinski definition) is 6. The number of esters is 1. The van der Waals surface area contributed by atoms with Crippen LogP contribution in [0.2, 0.25) is 0 Å². The summed E-state index contributed by atoms with van der Waals surface area (Å²) in [5, 5.41) is 2.56. The first-order valence-electron chi connectivity index (χ1n) is 7.72. The van der Waals surface area contributed by atoms with E-state index in [0.717, 1.165) is 0 Å². The molecule has 23 heavy (non-hydrogen) atoms. The smallest absolute Gasteiger partial charge is 0.330 e. The summed E-state index contributed by atoms with van der Waals surface area (Å²) in [5.41, 5.74) is 5.04. The van der Waals surface area contributed by atoms with Gasteiger partial charge in [-0.15, -0.1) is 0 Å². The van der Waals surface area contributed by atoms with Crippen molar-refractivity contribution in [3.05, 3.63) is 0 Å². The fourth-order valence-corrected chi connectivity index (χ4v) is 1.76. The maximum absolute atomic E-state index is 12.2. The van der Waals surface area contributed by atoms with E-state index in [0.29, 0.717) is 0 Å². The molecule has 0 saturated heterocycles. The molecule has 7 heteroatoms. The molecule has 0 aliphatic rings. The second kappa shape index (κ2) is 8.61. The number of carbonyl (C=O) groups is 2. The Morgan fingerprint density at radius 3 is 2.00 bits per heavy atom. The van der Waals surface area contributed by atoms with E-state index < -0.39 is 41.3 Å². The number of nitrogens with one attached hydrogen (secondary N) is 1. The Labute approximate surface area is 139 Å². The van der Waals surface area contributed by atoms with Crippen LogP contribution in [0.1, 0.15) is 48.5 Å². The van der Waals surface area contributed by atoms with Crippen molar-refractivity contribution < 1.29 is 23.8 Å². The van der Waals surface area contributed by atoms with Crippen molar-refractivity contribution in [1.82, 2.24) is 5.32 Å². The third kappa shape index (κ3) is 9.53. The van der Waals surface area contributed by atoms with Crippen LogP contribution in [0.15, 0.2) is 0 Å². The molecule has 0 radical (unpaired) electrons. The summed E-state index contributed by atoms with van der Waals surface area (Å²) in [7, 11) is 1.25. The van der Waals surface area contributed by atoms with E-state index in [4.69, 9.17) is 19.9 Å². The molecule has 0 spiro atoms. The van der Waals surface area contributed by atoms with Crippen LogP contribution in [0.4, 0.5) is 0 Å².